The van der Waals surface area contributed by atoms with Gasteiger partial charge < -0.3 is 5.11 Å². The molecule has 1 heterocycles. The molecule has 17 heavy (non-hydrogen) atoms. The Morgan fingerprint density at radius 3 is 2.71 bits per heavy atom. The normalized spacial score (nSPS) is 10.5. The molecule has 0 amide bonds. The van der Waals surface area contributed by atoms with Gasteiger partial charge in [-0.25, -0.2) is 4.79 Å². The standard InChI is InChI=1S/C11H8Cl2N2O2/c12-9-4-14-15(6-9)5-8-2-1-7(11(16)17)3-10(8)13/h1-4,6H,5H2,(H,16,17). The van der Waals surface area contributed by atoms with E-state index in [1.54, 1.807) is 16.9 Å². The molecule has 4 nitrogen and oxygen atoms in total. The van der Waals surface area contributed by atoms with Crippen molar-refractivity contribution >= 4 is 29.2 Å². The van der Waals surface area contributed by atoms with Gasteiger partial charge in [-0.1, -0.05) is 29.3 Å². The molecule has 0 aliphatic rings. The molecule has 0 bridgehead atoms. The summed E-state index contributed by atoms with van der Waals surface area (Å²) in [6.45, 7) is 0.450. The van der Waals surface area contributed by atoms with Gasteiger partial charge in [0.15, 0.2) is 0 Å². The monoisotopic (exact) mass is 270 g/mol. The van der Waals surface area contributed by atoms with Crippen LogP contribution in [0.5, 0.6) is 0 Å². The molecule has 0 aliphatic heterocycles. The highest BCUT2D eigenvalue weighted by atomic mass is 35.5. The lowest BCUT2D eigenvalue weighted by Gasteiger charge is -2.05. The fourth-order valence-corrected chi connectivity index (χ4v) is 1.80. The fraction of sp³-hybridized carbons (Fsp3) is 0.0909. The minimum atomic E-state index is -0.999. The minimum Gasteiger partial charge on any atom is -0.478 e. The number of rotatable bonds is 3. The quantitative estimate of drug-likeness (QED) is 0.933. The van der Waals surface area contributed by atoms with Gasteiger partial charge in [-0.05, 0) is 17.7 Å². The van der Waals surface area contributed by atoms with Crippen molar-refractivity contribution in [1.82, 2.24) is 9.78 Å². The summed E-state index contributed by atoms with van der Waals surface area (Å²) in [5.41, 5.74) is 0.952. The number of hydrogen-bond donors (Lipinski definition) is 1. The molecular weight excluding hydrogens is 263 g/mol. The van der Waals surface area contributed by atoms with Crippen molar-refractivity contribution < 1.29 is 9.90 Å². The Kier molecular flexibility index (Phi) is 3.36. The molecule has 0 fully saturated rings. The third-order valence-electron chi connectivity index (χ3n) is 2.23. The molecule has 0 unspecified atom stereocenters. The van der Waals surface area contributed by atoms with Gasteiger partial charge in [0.1, 0.15) is 0 Å². The number of aromatic nitrogens is 2. The third-order valence-corrected chi connectivity index (χ3v) is 2.78. The van der Waals surface area contributed by atoms with E-state index in [-0.39, 0.29) is 5.56 Å². The van der Waals surface area contributed by atoms with Crippen molar-refractivity contribution in [1.29, 1.82) is 0 Å². The molecule has 0 saturated heterocycles. The van der Waals surface area contributed by atoms with E-state index < -0.39 is 5.97 Å². The van der Waals surface area contributed by atoms with E-state index >= 15 is 0 Å². The van der Waals surface area contributed by atoms with Crippen LogP contribution in [0, 0.1) is 0 Å². The van der Waals surface area contributed by atoms with Crippen LogP contribution in [0.4, 0.5) is 0 Å². The van der Waals surface area contributed by atoms with Crippen LogP contribution in [-0.4, -0.2) is 20.9 Å². The topological polar surface area (TPSA) is 55.1 Å². The number of hydrogen-bond acceptors (Lipinski definition) is 2. The zero-order chi connectivity index (χ0) is 12.4. The van der Waals surface area contributed by atoms with Crippen molar-refractivity contribution in [2.45, 2.75) is 6.54 Å². The highest BCUT2D eigenvalue weighted by molar-refractivity contribution is 6.31. The van der Waals surface area contributed by atoms with Crippen LogP contribution < -0.4 is 0 Å². The lowest BCUT2D eigenvalue weighted by molar-refractivity contribution is 0.0697. The predicted molar refractivity (Wildman–Crippen MR) is 64.8 cm³/mol. The third kappa shape index (κ3) is 2.78. The molecule has 0 spiro atoms. The number of aromatic carboxylic acids is 1. The summed E-state index contributed by atoms with van der Waals surface area (Å²) in [5, 5.41) is 13.8. The molecule has 0 aliphatic carbocycles. The molecule has 2 rings (SSSR count). The average molecular weight is 271 g/mol. The van der Waals surface area contributed by atoms with Crippen molar-refractivity contribution in [2.75, 3.05) is 0 Å². The van der Waals surface area contributed by atoms with Crippen molar-refractivity contribution in [3.63, 3.8) is 0 Å². The highest BCUT2D eigenvalue weighted by Gasteiger charge is 2.07. The van der Waals surface area contributed by atoms with Crippen LogP contribution in [0.2, 0.25) is 10.0 Å². The second-order valence-corrected chi connectivity index (χ2v) is 4.31. The van der Waals surface area contributed by atoms with E-state index in [1.165, 1.54) is 18.3 Å². The Labute approximate surface area is 107 Å². The summed E-state index contributed by atoms with van der Waals surface area (Å²) in [6.07, 6.45) is 3.20. The first-order chi connectivity index (χ1) is 8.06. The summed E-state index contributed by atoms with van der Waals surface area (Å²) < 4.78 is 1.63. The predicted octanol–water partition coefficient (Wildman–Crippen LogP) is 2.94. The van der Waals surface area contributed by atoms with E-state index in [4.69, 9.17) is 28.3 Å². The van der Waals surface area contributed by atoms with Gasteiger partial charge in [0.25, 0.3) is 0 Å². The number of halogens is 2. The van der Waals surface area contributed by atoms with Gasteiger partial charge in [0, 0.05) is 11.2 Å². The zero-order valence-corrected chi connectivity index (χ0v) is 10.1. The summed E-state index contributed by atoms with van der Waals surface area (Å²) in [4.78, 5) is 10.7. The number of carboxylic acid groups (broad SMARTS) is 1. The Balaban J connectivity index is 2.25. The lowest BCUT2D eigenvalue weighted by Crippen LogP contribution is -2.02. The second-order valence-electron chi connectivity index (χ2n) is 3.47. The first-order valence-corrected chi connectivity index (χ1v) is 5.51. The number of nitrogens with zero attached hydrogens (tertiary/aromatic N) is 2. The number of carbonyl (C=O) groups is 1. The largest absolute Gasteiger partial charge is 0.478 e. The number of benzene rings is 1. The Bertz CT molecular complexity index is 566. The molecule has 0 atom stereocenters. The van der Waals surface area contributed by atoms with Crippen LogP contribution in [0.1, 0.15) is 15.9 Å². The molecule has 2 aromatic rings. The lowest BCUT2D eigenvalue weighted by atomic mass is 10.1. The van der Waals surface area contributed by atoms with Crippen molar-refractivity contribution in [3.8, 4) is 0 Å². The Hall–Kier alpha value is -1.52. The van der Waals surface area contributed by atoms with Gasteiger partial charge in [0.2, 0.25) is 0 Å². The maximum Gasteiger partial charge on any atom is 0.335 e. The molecule has 1 aromatic carbocycles. The summed E-state index contributed by atoms with van der Waals surface area (Å²) in [7, 11) is 0. The summed E-state index contributed by atoms with van der Waals surface area (Å²) >= 11 is 11.7. The van der Waals surface area contributed by atoms with E-state index in [0.717, 1.165) is 5.56 Å². The molecule has 0 saturated carbocycles. The molecule has 88 valence electrons. The van der Waals surface area contributed by atoms with Gasteiger partial charge in [-0.3, -0.25) is 4.68 Å². The van der Waals surface area contributed by atoms with Gasteiger partial charge in [-0.15, -0.1) is 0 Å². The first kappa shape index (κ1) is 12.0. The molecule has 1 N–H and O–H groups in total. The Morgan fingerprint density at radius 1 is 1.41 bits per heavy atom. The minimum absolute atomic E-state index is 0.164. The SMILES string of the molecule is O=C(O)c1ccc(Cn2cc(Cl)cn2)c(Cl)c1. The highest BCUT2D eigenvalue weighted by Crippen LogP contribution is 2.19. The van der Waals surface area contributed by atoms with Crippen LogP contribution in [0.25, 0.3) is 0 Å². The summed E-state index contributed by atoms with van der Waals surface area (Å²) in [6, 6.07) is 4.60. The van der Waals surface area contributed by atoms with E-state index in [0.29, 0.717) is 16.6 Å². The molecular formula is C11H8Cl2N2O2. The van der Waals surface area contributed by atoms with Crippen LogP contribution in [0.3, 0.4) is 0 Å². The van der Waals surface area contributed by atoms with E-state index in [9.17, 15) is 4.79 Å². The molecule has 1 aromatic heterocycles. The fourth-order valence-electron chi connectivity index (χ4n) is 1.41. The summed E-state index contributed by atoms with van der Waals surface area (Å²) in [5.74, 6) is -0.999. The zero-order valence-electron chi connectivity index (χ0n) is 8.60. The van der Waals surface area contributed by atoms with Crippen LogP contribution in [0.15, 0.2) is 30.6 Å². The van der Waals surface area contributed by atoms with E-state index in [2.05, 4.69) is 5.10 Å². The van der Waals surface area contributed by atoms with Crippen LogP contribution >= 0.6 is 23.2 Å². The second kappa shape index (κ2) is 4.77. The van der Waals surface area contributed by atoms with Crippen LogP contribution in [-0.2, 0) is 6.54 Å². The van der Waals surface area contributed by atoms with Gasteiger partial charge in [0.05, 0.1) is 23.3 Å². The van der Waals surface area contributed by atoms with Gasteiger partial charge >= 0.3 is 5.97 Å². The average Bonchev–Trinajstić information content (AvgIpc) is 2.67. The van der Waals surface area contributed by atoms with E-state index in [1.807, 2.05) is 0 Å². The maximum absolute atomic E-state index is 10.7. The van der Waals surface area contributed by atoms with Crippen molar-refractivity contribution in [3.05, 3.63) is 51.8 Å². The Morgan fingerprint density at radius 2 is 2.18 bits per heavy atom. The maximum atomic E-state index is 10.7. The van der Waals surface area contributed by atoms with Gasteiger partial charge in [-0.2, -0.15) is 5.10 Å². The number of carboxylic acids is 1. The smallest absolute Gasteiger partial charge is 0.335 e. The molecule has 6 heteroatoms. The first-order valence-electron chi connectivity index (χ1n) is 4.76. The van der Waals surface area contributed by atoms with Crippen molar-refractivity contribution in [2.24, 2.45) is 0 Å². The molecule has 0 radical (unpaired) electrons.